The van der Waals surface area contributed by atoms with Gasteiger partial charge < -0.3 is 20.5 Å². The summed E-state index contributed by atoms with van der Waals surface area (Å²) in [6.07, 6.45) is 4.39. The van der Waals surface area contributed by atoms with Crippen LogP contribution in [0.5, 0.6) is 5.75 Å². The van der Waals surface area contributed by atoms with Gasteiger partial charge in [0.25, 0.3) is 0 Å². The summed E-state index contributed by atoms with van der Waals surface area (Å²) in [5.74, 6) is 1.34. The van der Waals surface area contributed by atoms with Crippen LogP contribution in [0, 0.1) is 19.8 Å². The molecule has 134 valence electrons. The third kappa shape index (κ3) is 6.04. The first-order valence-corrected chi connectivity index (χ1v) is 8.95. The lowest BCUT2D eigenvalue weighted by Gasteiger charge is -2.25. The van der Waals surface area contributed by atoms with Gasteiger partial charge in [0.2, 0.25) is 0 Å². The maximum absolute atomic E-state index is 11.8. The van der Waals surface area contributed by atoms with Crippen LogP contribution in [0.2, 0.25) is 0 Å². The Morgan fingerprint density at radius 3 is 2.71 bits per heavy atom. The first kappa shape index (κ1) is 18.6. The molecule has 2 amide bonds. The number of carbonyl (C=O) groups is 1. The lowest BCUT2D eigenvalue weighted by atomic mass is 9.87. The first-order chi connectivity index (χ1) is 11.6. The van der Waals surface area contributed by atoms with Crippen molar-refractivity contribution in [2.24, 2.45) is 5.92 Å². The van der Waals surface area contributed by atoms with Gasteiger partial charge in [-0.3, -0.25) is 0 Å². The molecule has 3 N–H and O–H groups in total. The zero-order valence-electron chi connectivity index (χ0n) is 14.8. The Balaban J connectivity index is 1.56. The minimum Gasteiger partial charge on any atom is -0.493 e. The number of ether oxygens (including phenoxy) is 1. The third-order valence-corrected chi connectivity index (χ3v) is 4.57. The monoisotopic (exact) mass is 334 g/mol. The number of aryl methyl sites for hydroxylation is 2. The fourth-order valence-corrected chi connectivity index (χ4v) is 3.22. The van der Waals surface area contributed by atoms with Crippen LogP contribution < -0.4 is 15.4 Å². The van der Waals surface area contributed by atoms with E-state index in [-0.39, 0.29) is 12.1 Å². The number of carbonyl (C=O) groups excluding carboxylic acids is 1. The maximum Gasteiger partial charge on any atom is 0.314 e. The fourth-order valence-electron chi connectivity index (χ4n) is 3.22. The van der Waals surface area contributed by atoms with E-state index in [1.807, 2.05) is 32.0 Å². The molecule has 5 nitrogen and oxygen atoms in total. The highest BCUT2D eigenvalue weighted by atomic mass is 16.5. The predicted octanol–water partition coefficient (Wildman–Crippen LogP) is 2.92. The van der Waals surface area contributed by atoms with Crippen LogP contribution in [-0.4, -0.2) is 36.9 Å². The van der Waals surface area contributed by atoms with Crippen molar-refractivity contribution in [3.8, 4) is 5.75 Å². The Kier molecular flexibility index (Phi) is 7.37. The minimum absolute atomic E-state index is 0.137. The number of nitrogens with one attached hydrogen (secondary N) is 2. The molecule has 1 fully saturated rings. The largest absolute Gasteiger partial charge is 0.493 e. The lowest BCUT2D eigenvalue weighted by molar-refractivity contribution is 0.101. The number of urea groups is 1. The van der Waals surface area contributed by atoms with Crippen molar-refractivity contribution in [3.63, 3.8) is 0 Å². The smallest absolute Gasteiger partial charge is 0.314 e. The zero-order valence-corrected chi connectivity index (χ0v) is 14.8. The molecule has 1 aliphatic rings. The van der Waals surface area contributed by atoms with Crippen molar-refractivity contribution < 1.29 is 14.6 Å². The van der Waals surface area contributed by atoms with Crippen molar-refractivity contribution in [2.45, 2.75) is 52.1 Å². The number of amides is 2. The summed E-state index contributed by atoms with van der Waals surface area (Å²) < 4.78 is 5.82. The number of aliphatic hydroxyl groups excluding tert-OH is 1. The van der Waals surface area contributed by atoms with Crippen molar-refractivity contribution in [2.75, 3.05) is 19.7 Å². The molecular weight excluding hydrogens is 304 g/mol. The predicted molar refractivity (Wildman–Crippen MR) is 95.4 cm³/mol. The maximum atomic E-state index is 11.8. The molecule has 2 rings (SSSR count). The van der Waals surface area contributed by atoms with Gasteiger partial charge in [0.15, 0.2) is 0 Å². The van der Waals surface area contributed by atoms with Crippen LogP contribution in [0.25, 0.3) is 0 Å². The Morgan fingerprint density at radius 2 is 2.00 bits per heavy atom. The second kappa shape index (κ2) is 9.52. The van der Waals surface area contributed by atoms with Gasteiger partial charge in [0.1, 0.15) is 5.75 Å². The Morgan fingerprint density at radius 1 is 1.25 bits per heavy atom. The molecule has 2 unspecified atom stereocenters. The quantitative estimate of drug-likeness (QED) is 0.672. The highest BCUT2D eigenvalue weighted by Gasteiger charge is 2.20. The van der Waals surface area contributed by atoms with Gasteiger partial charge in [-0.05, 0) is 56.6 Å². The minimum atomic E-state index is -0.198. The number of rotatable bonds is 7. The zero-order chi connectivity index (χ0) is 17.4. The molecule has 1 aliphatic carbocycles. The van der Waals surface area contributed by atoms with E-state index in [9.17, 15) is 9.90 Å². The van der Waals surface area contributed by atoms with Crippen molar-refractivity contribution in [3.05, 3.63) is 29.3 Å². The average molecular weight is 334 g/mol. The molecule has 2 atom stereocenters. The Hall–Kier alpha value is -1.75. The van der Waals surface area contributed by atoms with Gasteiger partial charge in [0, 0.05) is 13.1 Å². The van der Waals surface area contributed by atoms with Gasteiger partial charge in [-0.25, -0.2) is 4.79 Å². The highest BCUT2D eigenvalue weighted by molar-refractivity contribution is 5.73. The van der Waals surface area contributed by atoms with Crippen molar-refractivity contribution >= 4 is 6.03 Å². The molecule has 0 heterocycles. The molecule has 0 aromatic heterocycles. The van der Waals surface area contributed by atoms with Crippen molar-refractivity contribution in [1.82, 2.24) is 10.6 Å². The van der Waals surface area contributed by atoms with E-state index >= 15 is 0 Å². The van der Waals surface area contributed by atoms with Crippen LogP contribution in [0.15, 0.2) is 18.2 Å². The SMILES string of the molecule is Cc1cccc(C)c1OCCCNC(=O)NCC1CCCC(O)C1. The first-order valence-electron chi connectivity index (χ1n) is 8.95. The number of hydrogen-bond acceptors (Lipinski definition) is 3. The molecule has 0 spiro atoms. The second-order valence-electron chi connectivity index (χ2n) is 6.75. The number of aliphatic hydroxyl groups is 1. The van der Waals surface area contributed by atoms with Gasteiger partial charge in [-0.15, -0.1) is 0 Å². The fraction of sp³-hybridized carbons (Fsp3) is 0.632. The second-order valence-corrected chi connectivity index (χ2v) is 6.75. The van der Waals surface area contributed by atoms with Gasteiger partial charge >= 0.3 is 6.03 Å². The van der Waals surface area contributed by atoms with Crippen LogP contribution in [0.3, 0.4) is 0 Å². The van der Waals surface area contributed by atoms with Crippen LogP contribution in [0.4, 0.5) is 4.79 Å². The van der Waals surface area contributed by atoms with Crippen molar-refractivity contribution in [1.29, 1.82) is 0 Å². The summed E-state index contributed by atoms with van der Waals surface area (Å²) in [4.78, 5) is 11.8. The van der Waals surface area contributed by atoms with Gasteiger partial charge in [-0.1, -0.05) is 24.6 Å². The standard InChI is InChI=1S/C19H30N2O3/c1-14-6-3-7-15(2)18(14)24-11-5-10-20-19(23)21-13-16-8-4-9-17(22)12-16/h3,6-7,16-17,22H,4-5,8-13H2,1-2H3,(H2,20,21,23). The summed E-state index contributed by atoms with van der Waals surface area (Å²) in [5, 5.41) is 15.4. The molecule has 1 aromatic carbocycles. The van der Waals surface area contributed by atoms with Gasteiger partial charge in [-0.2, -0.15) is 0 Å². The lowest BCUT2D eigenvalue weighted by Crippen LogP contribution is -2.40. The molecule has 1 aromatic rings. The summed E-state index contributed by atoms with van der Waals surface area (Å²) >= 11 is 0. The topological polar surface area (TPSA) is 70.6 Å². The summed E-state index contributed by atoms with van der Waals surface area (Å²) in [5.41, 5.74) is 2.27. The Labute approximate surface area is 144 Å². The summed E-state index contributed by atoms with van der Waals surface area (Å²) in [6, 6.07) is 5.96. The van der Waals surface area contributed by atoms with E-state index < -0.39 is 0 Å². The van der Waals surface area contributed by atoms with Crippen LogP contribution in [0.1, 0.15) is 43.2 Å². The normalized spacial score (nSPS) is 20.5. The van der Waals surface area contributed by atoms with Crippen LogP contribution >= 0.6 is 0 Å². The van der Waals surface area contributed by atoms with E-state index in [1.165, 1.54) is 0 Å². The summed E-state index contributed by atoms with van der Waals surface area (Å²) in [6.45, 7) is 5.89. The number of para-hydroxylation sites is 1. The molecular formula is C19H30N2O3. The third-order valence-electron chi connectivity index (χ3n) is 4.57. The molecule has 0 bridgehead atoms. The molecule has 0 radical (unpaired) electrons. The summed E-state index contributed by atoms with van der Waals surface area (Å²) in [7, 11) is 0. The van der Waals surface area contributed by atoms with E-state index in [0.29, 0.717) is 25.6 Å². The van der Waals surface area contributed by atoms with E-state index in [0.717, 1.165) is 49.0 Å². The van der Waals surface area contributed by atoms with E-state index in [1.54, 1.807) is 0 Å². The molecule has 0 aliphatic heterocycles. The molecule has 5 heteroatoms. The molecule has 0 saturated heterocycles. The number of benzene rings is 1. The van der Waals surface area contributed by atoms with Crippen LogP contribution in [-0.2, 0) is 0 Å². The van der Waals surface area contributed by atoms with E-state index in [2.05, 4.69) is 10.6 Å². The van der Waals surface area contributed by atoms with E-state index in [4.69, 9.17) is 4.74 Å². The highest BCUT2D eigenvalue weighted by Crippen LogP contribution is 2.23. The Bertz CT molecular complexity index is 513. The average Bonchev–Trinajstić information content (AvgIpc) is 2.55. The van der Waals surface area contributed by atoms with Gasteiger partial charge in [0.05, 0.1) is 12.7 Å². The number of hydrogen-bond donors (Lipinski definition) is 3. The molecule has 1 saturated carbocycles. The molecule has 24 heavy (non-hydrogen) atoms.